The third-order valence-corrected chi connectivity index (χ3v) is 2.54. The molecule has 1 fully saturated rings. The second kappa shape index (κ2) is 7.60. The van der Waals surface area contributed by atoms with Crippen molar-refractivity contribution >= 4 is 0 Å². The minimum absolute atomic E-state index is 0.902. The van der Waals surface area contributed by atoms with Crippen molar-refractivity contribution in [2.75, 3.05) is 13.6 Å². The van der Waals surface area contributed by atoms with Gasteiger partial charge in [-0.3, -0.25) is 0 Å². The van der Waals surface area contributed by atoms with Crippen LogP contribution in [-0.2, 0) is 0 Å². The molecule has 0 spiro atoms. The number of nitrogens with zero attached hydrogens (tertiary/aromatic N) is 1. The number of rotatable bonds is 2. The minimum atomic E-state index is 0.902. The Morgan fingerprint density at radius 1 is 1.25 bits per heavy atom. The first-order valence-corrected chi connectivity index (χ1v) is 5.55. The van der Waals surface area contributed by atoms with Crippen LogP contribution in [0.2, 0.25) is 0 Å². The molecule has 0 bridgehead atoms. The molecule has 1 saturated heterocycles. The highest BCUT2D eigenvalue weighted by Gasteiger charge is 2.16. The largest absolute Gasteiger partial charge is 0.303 e. The molecule has 1 atom stereocenters. The maximum absolute atomic E-state index is 2.52. The lowest BCUT2D eigenvalue weighted by Crippen LogP contribution is -2.35. The molecule has 12 heavy (non-hydrogen) atoms. The molecule has 0 aromatic heterocycles. The quantitative estimate of drug-likeness (QED) is 0.616. The van der Waals surface area contributed by atoms with Crippen LogP contribution < -0.4 is 0 Å². The fraction of sp³-hybridized carbons (Fsp3) is 1.00. The second-order valence-corrected chi connectivity index (χ2v) is 3.42. The van der Waals surface area contributed by atoms with Gasteiger partial charge in [0, 0.05) is 6.04 Å². The van der Waals surface area contributed by atoms with Crippen molar-refractivity contribution in [1.29, 1.82) is 0 Å². The van der Waals surface area contributed by atoms with Gasteiger partial charge < -0.3 is 4.90 Å². The lowest BCUT2D eigenvalue weighted by molar-refractivity contribution is 0.175. The lowest BCUT2D eigenvalue weighted by Gasteiger charge is -2.32. The Hall–Kier alpha value is -0.0400. The summed E-state index contributed by atoms with van der Waals surface area (Å²) in [6, 6.07) is 0.902. The molecule has 1 heterocycles. The van der Waals surface area contributed by atoms with E-state index in [2.05, 4.69) is 18.9 Å². The van der Waals surface area contributed by atoms with Crippen molar-refractivity contribution in [1.82, 2.24) is 4.90 Å². The summed E-state index contributed by atoms with van der Waals surface area (Å²) in [7, 11) is 2.26. The summed E-state index contributed by atoms with van der Waals surface area (Å²) in [5.41, 5.74) is 0. The van der Waals surface area contributed by atoms with Crippen molar-refractivity contribution in [2.45, 2.75) is 58.9 Å². The minimum Gasteiger partial charge on any atom is -0.303 e. The molecule has 0 aromatic rings. The highest BCUT2D eigenvalue weighted by atomic mass is 15.1. The highest BCUT2D eigenvalue weighted by molar-refractivity contribution is 4.72. The first kappa shape index (κ1) is 12.0. The molecule has 1 aliphatic heterocycles. The summed E-state index contributed by atoms with van der Waals surface area (Å²) in [4.78, 5) is 2.52. The van der Waals surface area contributed by atoms with Crippen LogP contribution >= 0.6 is 0 Å². The van der Waals surface area contributed by atoms with Crippen molar-refractivity contribution in [2.24, 2.45) is 0 Å². The normalized spacial score (nSPS) is 24.5. The van der Waals surface area contributed by atoms with E-state index < -0.39 is 0 Å². The van der Waals surface area contributed by atoms with E-state index in [0.29, 0.717) is 0 Å². The number of likely N-dealkylation sites (tertiary alicyclic amines) is 1. The lowest BCUT2D eigenvalue weighted by atomic mass is 9.99. The van der Waals surface area contributed by atoms with Crippen LogP contribution in [0.5, 0.6) is 0 Å². The van der Waals surface area contributed by atoms with E-state index in [1.807, 2.05) is 13.8 Å². The zero-order valence-electron chi connectivity index (χ0n) is 9.27. The maximum atomic E-state index is 2.52. The molecule has 1 heteroatoms. The highest BCUT2D eigenvalue weighted by Crippen LogP contribution is 2.18. The zero-order valence-corrected chi connectivity index (χ0v) is 9.27. The zero-order chi connectivity index (χ0) is 9.40. The SMILES string of the molecule is CC.CCCC1CCCCN1C. The Morgan fingerprint density at radius 2 is 1.92 bits per heavy atom. The average molecular weight is 171 g/mol. The van der Waals surface area contributed by atoms with E-state index in [1.165, 1.54) is 38.6 Å². The molecule has 0 aliphatic carbocycles. The molecule has 0 saturated carbocycles. The van der Waals surface area contributed by atoms with Gasteiger partial charge in [0.2, 0.25) is 0 Å². The molecule has 0 radical (unpaired) electrons. The van der Waals surface area contributed by atoms with Gasteiger partial charge in [-0.05, 0) is 32.9 Å². The Morgan fingerprint density at radius 3 is 2.42 bits per heavy atom. The van der Waals surface area contributed by atoms with Gasteiger partial charge in [0.05, 0.1) is 0 Å². The van der Waals surface area contributed by atoms with Crippen LogP contribution in [0, 0.1) is 0 Å². The summed E-state index contributed by atoms with van der Waals surface area (Å²) >= 11 is 0. The van der Waals surface area contributed by atoms with Crippen LogP contribution in [0.4, 0.5) is 0 Å². The molecule has 0 aromatic carbocycles. The average Bonchev–Trinajstić information content (AvgIpc) is 2.13. The topological polar surface area (TPSA) is 3.24 Å². The van der Waals surface area contributed by atoms with Gasteiger partial charge in [-0.15, -0.1) is 0 Å². The fourth-order valence-electron chi connectivity index (χ4n) is 1.84. The standard InChI is InChI=1S/C9H19N.C2H6/c1-3-6-9-7-4-5-8-10(9)2;1-2/h9H,3-8H2,1-2H3;1-2H3. The molecule has 1 rings (SSSR count). The van der Waals surface area contributed by atoms with Gasteiger partial charge in [-0.2, -0.15) is 0 Å². The van der Waals surface area contributed by atoms with Gasteiger partial charge >= 0.3 is 0 Å². The molecule has 1 aliphatic rings. The van der Waals surface area contributed by atoms with E-state index in [-0.39, 0.29) is 0 Å². The molecule has 1 nitrogen and oxygen atoms in total. The van der Waals surface area contributed by atoms with Gasteiger partial charge in [0.15, 0.2) is 0 Å². The third kappa shape index (κ3) is 4.10. The predicted molar refractivity (Wildman–Crippen MR) is 56.5 cm³/mol. The Kier molecular flexibility index (Phi) is 7.58. The van der Waals surface area contributed by atoms with Crippen molar-refractivity contribution in [3.63, 3.8) is 0 Å². The summed E-state index contributed by atoms with van der Waals surface area (Å²) in [6.45, 7) is 7.60. The Labute approximate surface area is 78.1 Å². The molecule has 0 amide bonds. The smallest absolute Gasteiger partial charge is 0.00921 e. The maximum Gasteiger partial charge on any atom is 0.00921 e. The third-order valence-electron chi connectivity index (χ3n) is 2.54. The van der Waals surface area contributed by atoms with E-state index in [0.717, 1.165) is 6.04 Å². The molecule has 74 valence electrons. The molecular weight excluding hydrogens is 146 g/mol. The van der Waals surface area contributed by atoms with Gasteiger partial charge in [-0.1, -0.05) is 33.6 Å². The van der Waals surface area contributed by atoms with Crippen LogP contribution in [0.1, 0.15) is 52.9 Å². The van der Waals surface area contributed by atoms with E-state index in [9.17, 15) is 0 Å². The summed E-state index contributed by atoms with van der Waals surface area (Å²) < 4.78 is 0. The number of hydrogen-bond acceptors (Lipinski definition) is 1. The van der Waals surface area contributed by atoms with Crippen molar-refractivity contribution < 1.29 is 0 Å². The van der Waals surface area contributed by atoms with Crippen molar-refractivity contribution in [3.05, 3.63) is 0 Å². The number of piperidine rings is 1. The molecule has 1 unspecified atom stereocenters. The van der Waals surface area contributed by atoms with Crippen molar-refractivity contribution in [3.8, 4) is 0 Å². The Balaban J connectivity index is 0.000000561. The van der Waals surface area contributed by atoms with E-state index >= 15 is 0 Å². The summed E-state index contributed by atoms with van der Waals surface area (Å²) in [5.74, 6) is 0. The summed E-state index contributed by atoms with van der Waals surface area (Å²) in [6.07, 6.45) is 7.04. The molecule has 0 N–H and O–H groups in total. The van der Waals surface area contributed by atoms with Crippen LogP contribution in [0.15, 0.2) is 0 Å². The monoisotopic (exact) mass is 171 g/mol. The van der Waals surface area contributed by atoms with E-state index in [4.69, 9.17) is 0 Å². The molecular formula is C11H25N. The van der Waals surface area contributed by atoms with Gasteiger partial charge in [0.25, 0.3) is 0 Å². The Bertz CT molecular complexity index is 89.0. The van der Waals surface area contributed by atoms with Crippen LogP contribution in [-0.4, -0.2) is 24.5 Å². The van der Waals surface area contributed by atoms with E-state index in [1.54, 1.807) is 0 Å². The van der Waals surface area contributed by atoms with Gasteiger partial charge in [0.1, 0.15) is 0 Å². The van der Waals surface area contributed by atoms with Crippen LogP contribution in [0.3, 0.4) is 0 Å². The predicted octanol–water partition coefficient (Wildman–Crippen LogP) is 3.30. The first-order valence-electron chi connectivity index (χ1n) is 5.55. The van der Waals surface area contributed by atoms with Gasteiger partial charge in [-0.25, -0.2) is 0 Å². The number of hydrogen-bond donors (Lipinski definition) is 0. The summed E-state index contributed by atoms with van der Waals surface area (Å²) in [5, 5.41) is 0. The second-order valence-electron chi connectivity index (χ2n) is 3.42. The van der Waals surface area contributed by atoms with Crippen LogP contribution in [0.25, 0.3) is 0 Å². The first-order chi connectivity index (χ1) is 5.84. The fourth-order valence-corrected chi connectivity index (χ4v) is 1.84.